The molecule has 1 aromatic carbocycles. The average Bonchev–Trinajstić information content (AvgIpc) is 2.98. The van der Waals surface area contributed by atoms with E-state index in [1.165, 1.54) is 16.8 Å². The Morgan fingerprint density at radius 1 is 1.27 bits per heavy atom. The first kappa shape index (κ1) is 15.6. The van der Waals surface area contributed by atoms with Gasteiger partial charge in [-0.1, -0.05) is 6.07 Å². The number of rotatable bonds is 4. The van der Waals surface area contributed by atoms with E-state index in [4.69, 9.17) is 9.72 Å². The number of benzene rings is 1. The second-order valence-electron chi connectivity index (χ2n) is 7.81. The summed E-state index contributed by atoms with van der Waals surface area (Å²) in [6.45, 7) is 4.37. The number of hydrogen-bond acceptors (Lipinski definition) is 4. The van der Waals surface area contributed by atoms with Crippen LogP contribution in [0.1, 0.15) is 53.4 Å². The maximum atomic E-state index is 12.1. The number of fused-ring (bicyclic) bond motifs is 1. The average molecular weight is 347 g/mol. The fraction of sp³-hybridized carbons (Fsp3) is 0.381. The standard InChI is InChI=1S/C21H21N3O2/c1-3-26-19(25)15-5-4-14(2)16(8-15)20-11-21(12-20,13-20)17-10-24-7-6-22-9-18(24)23-17/h4-10H,3,11-13H2,1-2H3. The Balaban J connectivity index is 1.43. The zero-order valence-electron chi connectivity index (χ0n) is 15.0. The van der Waals surface area contributed by atoms with E-state index >= 15 is 0 Å². The molecule has 0 radical (unpaired) electrons. The van der Waals surface area contributed by atoms with Crippen molar-refractivity contribution in [2.24, 2.45) is 0 Å². The van der Waals surface area contributed by atoms with Crippen LogP contribution in [0.2, 0.25) is 0 Å². The van der Waals surface area contributed by atoms with Gasteiger partial charge in [-0.15, -0.1) is 0 Å². The third kappa shape index (κ3) is 2.00. The summed E-state index contributed by atoms with van der Waals surface area (Å²) in [7, 11) is 0. The fourth-order valence-corrected chi connectivity index (χ4v) is 4.98. The van der Waals surface area contributed by atoms with E-state index in [0.717, 1.165) is 24.9 Å². The van der Waals surface area contributed by atoms with Gasteiger partial charge in [0.05, 0.1) is 24.1 Å². The van der Waals surface area contributed by atoms with Crippen LogP contribution >= 0.6 is 0 Å². The van der Waals surface area contributed by atoms with Crippen molar-refractivity contribution < 1.29 is 9.53 Å². The zero-order valence-corrected chi connectivity index (χ0v) is 15.0. The predicted molar refractivity (Wildman–Crippen MR) is 97.3 cm³/mol. The van der Waals surface area contributed by atoms with Crippen molar-refractivity contribution in [2.75, 3.05) is 6.61 Å². The molecule has 0 amide bonds. The highest BCUT2D eigenvalue weighted by atomic mass is 16.5. The predicted octanol–water partition coefficient (Wildman–Crippen LogP) is 3.59. The number of carbonyl (C=O) groups excluding carboxylic acids is 1. The molecule has 0 unspecified atom stereocenters. The van der Waals surface area contributed by atoms with Crippen LogP contribution in [0.4, 0.5) is 0 Å². The molecule has 0 atom stereocenters. The van der Waals surface area contributed by atoms with Gasteiger partial charge in [-0.25, -0.2) is 9.78 Å². The van der Waals surface area contributed by atoms with Crippen molar-refractivity contribution in [1.29, 1.82) is 0 Å². The lowest BCUT2D eigenvalue weighted by atomic mass is 9.32. The molecular formula is C21H21N3O2. The lowest BCUT2D eigenvalue weighted by Crippen LogP contribution is -2.67. The minimum Gasteiger partial charge on any atom is -0.462 e. The Kier molecular flexibility index (Phi) is 3.09. The monoisotopic (exact) mass is 347 g/mol. The summed E-state index contributed by atoms with van der Waals surface area (Å²) < 4.78 is 7.21. The van der Waals surface area contributed by atoms with Crippen LogP contribution in [0.5, 0.6) is 0 Å². The van der Waals surface area contributed by atoms with Gasteiger partial charge in [-0.2, -0.15) is 0 Å². The summed E-state index contributed by atoms with van der Waals surface area (Å²) in [6.07, 6.45) is 11.0. The minimum atomic E-state index is -0.233. The number of aromatic nitrogens is 3. The summed E-state index contributed by atoms with van der Waals surface area (Å²) >= 11 is 0. The van der Waals surface area contributed by atoms with Gasteiger partial charge in [0.15, 0.2) is 5.65 Å². The molecule has 6 rings (SSSR count). The number of ether oxygens (including phenoxy) is 1. The Morgan fingerprint density at radius 2 is 2.08 bits per heavy atom. The van der Waals surface area contributed by atoms with Crippen molar-refractivity contribution in [3.8, 4) is 0 Å². The van der Waals surface area contributed by atoms with E-state index < -0.39 is 0 Å². The highest BCUT2D eigenvalue weighted by Crippen LogP contribution is 2.74. The van der Waals surface area contributed by atoms with E-state index in [9.17, 15) is 4.79 Å². The van der Waals surface area contributed by atoms with Crippen molar-refractivity contribution in [2.45, 2.75) is 43.9 Å². The van der Waals surface area contributed by atoms with Crippen LogP contribution in [-0.4, -0.2) is 26.9 Å². The third-order valence-corrected chi connectivity index (χ3v) is 6.16. The van der Waals surface area contributed by atoms with Gasteiger partial charge in [0.2, 0.25) is 0 Å². The Hall–Kier alpha value is -2.69. The molecule has 0 saturated heterocycles. The first-order valence-corrected chi connectivity index (χ1v) is 9.13. The molecule has 3 fully saturated rings. The number of imidazole rings is 1. The fourth-order valence-electron chi connectivity index (χ4n) is 4.98. The largest absolute Gasteiger partial charge is 0.462 e. The van der Waals surface area contributed by atoms with Gasteiger partial charge in [-0.05, 0) is 61.8 Å². The van der Waals surface area contributed by atoms with E-state index in [0.29, 0.717) is 12.2 Å². The van der Waals surface area contributed by atoms with Gasteiger partial charge in [0.1, 0.15) is 0 Å². The molecular weight excluding hydrogens is 326 g/mol. The second-order valence-corrected chi connectivity index (χ2v) is 7.81. The van der Waals surface area contributed by atoms with Crippen LogP contribution in [0.15, 0.2) is 43.0 Å². The molecule has 5 nitrogen and oxygen atoms in total. The quantitative estimate of drug-likeness (QED) is 0.677. The molecule has 3 aliphatic rings. The highest BCUT2D eigenvalue weighted by Gasteiger charge is 2.70. The first-order chi connectivity index (χ1) is 12.6. The number of nitrogens with zero attached hydrogens (tertiary/aromatic N) is 3. The summed E-state index contributed by atoms with van der Waals surface area (Å²) in [5, 5.41) is 0. The molecule has 2 bridgehead atoms. The van der Waals surface area contributed by atoms with Crippen LogP contribution in [0, 0.1) is 6.92 Å². The van der Waals surface area contributed by atoms with Gasteiger partial charge in [0, 0.05) is 24.0 Å². The normalized spacial score (nSPS) is 26.2. The number of carbonyl (C=O) groups is 1. The number of hydrogen-bond donors (Lipinski definition) is 0. The maximum absolute atomic E-state index is 12.1. The van der Waals surface area contributed by atoms with E-state index in [1.54, 1.807) is 12.4 Å². The van der Waals surface area contributed by atoms with Gasteiger partial charge >= 0.3 is 5.97 Å². The molecule has 0 N–H and O–H groups in total. The topological polar surface area (TPSA) is 56.5 Å². The van der Waals surface area contributed by atoms with Crippen molar-refractivity contribution in [1.82, 2.24) is 14.4 Å². The summed E-state index contributed by atoms with van der Waals surface area (Å²) in [5.41, 5.74) is 5.68. The first-order valence-electron chi connectivity index (χ1n) is 9.13. The Labute approximate surface area is 152 Å². The molecule has 0 spiro atoms. The molecule has 2 heterocycles. The highest BCUT2D eigenvalue weighted by molar-refractivity contribution is 5.90. The summed E-state index contributed by atoms with van der Waals surface area (Å²) in [5.74, 6) is -0.233. The SMILES string of the molecule is CCOC(=O)c1ccc(C)c(C23CC(c4cn5ccncc5n4)(C2)C3)c1. The maximum Gasteiger partial charge on any atom is 0.338 e. The second kappa shape index (κ2) is 5.16. The van der Waals surface area contributed by atoms with Gasteiger partial charge < -0.3 is 9.14 Å². The van der Waals surface area contributed by atoms with Crippen molar-refractivity contribution in [3.05, 3.63) is 65.4 Å². The minimum absolute atomic E-state index is 0.193. The third-order valence-electron chi connectivity index (χ3n) is 6.16. The van der Waals surface area contributed by atoms with Crippen LogP contribution in [0.25, 0.3) is 5.65 Å². The molecule has 3 aromatic rings. The van der Waals surface area contributed by atoms with Crippen molar-refractivity contribution in [3.63, 3.8) is 0 Å². The smallest absolute Gasteiger partial charge is 0.338 e. The van der Waals surface area contributed by atoms with Crippen LogP contribution in [-0.2, 0) is 15.6 Å². The molecule has 3 saturated carbocycles. The molecule has 5 heteroatoms. The zero-order chi connectivity index (χ0) is 17.9. The Bertz CT molecular complexity index is 984. The number of aryl methyl sites for hydroxylation is 1. The van der Waals surface area contributed by atoms with E-state index in [2.05, 4.69) is 18.1 Å². The van der Waals surface area contributed by atoms with Crippen molar-refractivity contribution >= 4 is 11.6 Å². The number of esters is 1. The van der Waals surface area contributed by atoms with E-state index in [1.807, 2.05) is 35.7 Å². The summed E-state index contributed by atoms with van der Waals surface area (Å²) in [6, 6.07) is 5.96. The Morgan fingerprint density at radius 3 is 2.81 bits per heavy atom. The molecule has 26 heavy (non-hydrogen) atoms. The molecule has 132 valence electrons. The lowest BCUT2D eigenvalue weighted by molar-refractivity contribution is -0.0724. The molecule has 0 aliphatic heterocycles. The van der Waals surface area contributed by atoms with Gasteiger partial charge in [-0.3, -0.25) is 4.98 Å². The van der Waals surface area contributed by atoms with Crippen LogP contribution < -0.4 is 0 Å². The molecule has 3 aliphatic carbocycles. The van der Waals surface area contributed by atoms with Crippen LogP contribution in [0.3, 0.4) is 0 Å². The lowest BCUT2D eigenvalue weighted by Gasteiger charge is -2.70. The summed E-state index contributed by atoms with van der Waals surface area (Å²) in [4.78, 5) is 21.0. The van der Waals surface area contributed by atoms with E-state index in [-0.39, 0.29) is 16.8 Å². The van der Waals surface area contributed by atoms with Gasteiger partial charge in [0.25, 0.3) is 0 Å². The molecule has 2 aromatic heterocycles.